The summed E-state index contributed by atoms with van der Waals surface area (Å²) in [7, 11) is 1.92. The third kappa shape index (κ3) is 1.66. The van der Waals surface area contributed by atoms with E-state index in [2.05, 4.69) is 10.3 Å². The lowest BCUT2D eigenvalue weighted by Crippen LogP contribution is -2.14. The zero-order valence-corrected chi connectivity index (χ0v) is 10.3. The van der Waals surface area contributed by atoms with Gasteiger partial charge in [-0.25, -0.2) is 0 Å². The van der Waals surface area contributed by atoms with Crippen LogP contribution in [0.25, 0.3) is 10.9 Å². The summed E-state index contributed by atoms with van der Waals surface area (Å²) < 4.78 is 5.50. The number of hydrogen-bond donors (Lipinski definition) is 1. The van der Waals surface area contributed by atoms with Crippen LogP contribution in [0, 0.1) is 0 Å². The second kappa shape index (κ2) is 4.17. The van der Waals surface area contributed by atoms with Gasteiger partial charge in [-0.05, 0) is 6.07 Å². The van der Waals surface area contributed by atoms with E-state index < -0.39 is 0 Å². The molecule has 17 heavy (non-hydrogen) atoms. The number of benzene rings is 1. The van der Waals surface area contributed by atoms with Gasteiger partial charge in [-0.15, -0.1) is 0 Å². The van der Waals surface area contributed by atoms with Crippen molar-refractivity contribution in [1.29, 1.82) is 0 Å². The lowest BCUT2D eigenvalue weighted by atomic mass is 10.0. The molecule has 0 fully saturated rings. The van der Waals surface area contributed by atoms with Crippen molar-refractivity contribution < 1.29 is 4.74 Å². The first-order chi connectivity index (χ1) is 8.31. The maximum absolute atomic E-state index is 6.21. The number of fused-ring (bicyclic) bond motifs is 2. The normalized spacial score (nSPS) is 14.7. The smallest absolute Gasteiger partial charge is 0.0912 e. The molecule has 2 aromatic rings. The third-order valence-electron chi connectivity index (χ3n) is 3.13. The van der Waals surface area contributed by atoms with Crippen molar-refractivity contribution in [2.75, 3.05) is 19.0 Å². The Labute approximate surface area is 105 Å². The fraction of sp³-hybridized carbons (Fsp3) is 0.308. The Hall–Kier alpha value is -1.32. The van der Waals surface area contributed by atoms with Crippen LogP contribution in [0.2, 0.25) is 5.02 Å². The number of nitrogens with zero attached hydrogens (tertiary/aromatic N) is 1. The van der Waals surface area contributed by atoms with Crippen molar-refractivity contribution in [3.63, 3.8) is 0 Å². The summed E-state index contributed by atoms with van der Waals surface area (Å²) in [6.45, 7) is 1.36. The Balaban J connectivity index is 2.39. The van der Waals surface area contributed by atoms with Gasteiger partial charge in [0.2, 0.25) is 0 Å². The molecular formula is C13H13ClN2O. The van der Waals surface area contributed by atoms with Crippen LogP contribution < -0.4 is 5.32 Å². The lowest BCUT2D eigenvalue weighted by molar-refractivity contribution is 0.110. The molecule has 1 aliphatic heterocycles. The number of aromatic nitrogens is 1. The molecule has 3 nitrogen and oxygen atoms in total. The fourth-order valence-electron chi connectivity index (χ4n) is 2.33. The van der Waals surface area contributed by atoms with E-state index in [0.29, 0.717) is 11.6 Å². The highest BCUT2D eigenvalue weighted by molar-refractivity contribution is 6.35. The van der Waals surface area contributed by atoms with Gasteiger partial charge in [0.15, 0.2) is 0 Å². The van der Waals surface area contributed by atoms with Crippen LogP contribution in [0.1, 0.15) is 11.3 Å². The van der Waals surface area contributed by atoms with Gasteiger partial charge in [-0.1, -0.05) is 23.7 Å². The zero-order chi connectivity index (χ0) is 11.8. The number of ether oxygens (including phenoxy) is 1. The predicted molar refractivity (Wildman–Crippen MR) is 69.7 cm³/mol. The molecule has 0 saturated carbocycles. The van der Waals surface area contributed by atoms with Gasteiger partial charge in [0.05, 0.1) is 35.1 Å². The first-order valence-corrected chi connectivity index (χ1v) is 6.04. The molecule has 0 atom stereocenters. The second-order valence-corrected chi connectivity index (χ2v) is 4.51. The van der Waals surface area contributed by atoms with Crippen molar-refractivity contribution in [2.45, 2.75) is 13.0 Å². The molecule has 2 heterocycles. The Morgan fingerprint density at radius 2 is 2.29 bits per heavy atom. The van der Waals surface area contributed by atoms with E-state index in [0.717, 1.165) is 40.9 Å². The fourth-order valence-corrected chi connectivity index (χ4v) is 2.55. The Bertz CT molecular complexity index is 583. The number of halogens is 1. The van der Waals surface area contributed by atoms with Gasteiger partial charge in [0.1, 0.15) is 0 Å². The minimum atomic E-state index is 0.626. The average Bonchev–Trinajstić information content (AvgIpc) is 2.37. The van der Waals surface area contributed by atoms with E-state index in [-0.39, 0.29) is 0 Å². The van der Waals surface area contributed by atoms with Gasteiger partial charge in [0, 0.05) is 24.4 Å². The predicted octanol–water partition coefficient (Wildman–Crippen LogP) is 3.00. The molecule has 0 amide bonds. The van der Waals surface area contributed by atoms with Gasteiger partial charge < -0.3 is 10.1 Å². The Kier molecular flexibility index (Phi) is 2.65. The summed E-state index contributed by atoms with van der Waals surface area (Å²) in [6.07, 6.45) is 0.852. The molecule has 0 aliphatic carbocycles. The monoisotopic (exact) mass is 248 g/mol. The SMILES string of the molecule is CNc1c2c(nc3c(Cl)cccc13)CCOC2. The number of nitrogens with one attached hydrogen (secondary N) is 1. The van der Waals surface area contributed by atoms with E-state index in [1.165, 1.54) is 0 Å². The van der Waals surface area contributed by atoms with Crippen LogP contribution in [0.4, 0.5) is 5.69 Å². The molecule has 1 N–H and O–H groups in total. The minimum absolute atomic E-state index is 0.626. The topological polar surface area (TPSA) is 34.2 Å². The van der Waals surface area contributed by atoms with Crippen molar-refractivity contribution in [3.05, 3.63) is 34.5 Å². The molecule has 0 bridgehead atoms. The molecule has 0 unspecified atom stereocenters. The number of rotatable bonds is 1. The van der Waals surface area contributed by atoms with Crippen molar-refractivity contribution >= 4 is 28.2 Å². The highest BCUT2D eigenvalue weighted by Crippen LogP contribution is 2.33. The van der Waals surface area contributed by atoms with Crippen LogP contribution >= 0.6 is 11.6 Å². The maximum Gasteiger partial charge on any atom is 0.0912 e. The standard InChI is InChI=1S/C13H13ClN2O/c1-15-12-8-3-2-4-10(14)13(8)16-11-5-6-17-7-9(11)12/h2-4H,5-7H2,1H3,(H,15,16). The molecule has 1 aliphatic rings. The number of hydrogen-bond acceptors (Lipinski definition) is 3. The molecule has 0 saturated heterocycles. The molecule has 1 aromatic carbocycles. The van der Waals surface area contributed by atoms with Crippen LogP contribution in [0.5, 0.6) is 0 Å². The minimum Gasteiger partial charge on any atom is -0.387 e. The number of para-hydroxylation sites is 1. The number of anilines is 1. The maximum atomic E-state index is 6.21. The van der Waals surface area contributed by atoms with Gasteiger partial charge in [0.25, 0.3) is 0 Å². The van der Waals surface area contributed by atoms with E-state index in [4.69, 9.17) is 16.3 Å². The molecule has 0 radical (unpaired) electrons. The lowest BCUT2D eigenvalue weighted by Gasteiger charge is -2.21. The van der Waals surface area contributed by atoms with Crippen LogP contribution in [0.15, 0.2) is 18.2 Å². The van der Waals surface area contributed by atoms with Crippen LogP contribution in [-0.2, 0) is 17.8 Å². The van der Waals surface area contributed by atoms with Crippen LogP contribution in [0.3, 0.4) is 0 Å². The summed E-state index contributed by atoms with van der Waals surface area (Å²) in [5.74, 6) is 0. The van der Waals surface area contributed by atoms with Crippen LogP contribution in [-0.4, -0.2) is 18.6 Å². The largest absolute Gasteiger partial charge is 0.387 e. The summed E-state index contributed by atoms with van der Waals surface area (Å²) in [5.41, 5.74) is 4.22. The summed E-state index contributed by atoms with van der Waals surface area (Å²) in [4.78, 5) is 4.67. The molecule has 1 aromatic heterocycles. The van der Waals surface area contributed by atoms with Gasteiger partial charge >= 0.3 is 0 Å². The Morgan fingerprint density at radius 1 is 1.41 bits per heavy atom. The van der Waals surface area contributed by atoms with E-state index in [1.54, 1.807) is 0 Å². The molecule has 3 rings (SSSR count). The van der Waals surface area contributed by atoms with Crippen molar-refractivity contribution in [3.8, 4) is 0 Å². The summed E-state index contributed by atoms with van der Waals surface area (Å²) in [6, 6.07) is 5.86. The van der Waals surface area contributed by atoms with Crippen molar-refractivity contribution in [2.24, 2.45) is 0 Å². The highest BCUT2D eigenvalue weighted by Gasteiger charge is 2.18. The van der Waals surface area contributed by atoms with E-state index in [1.807, 2.05) is 25.2 Å². The second-order valence-electron chi connectivity index (χ2n) is 4.10. The number of pyridine rings is 1. The Morgan fingerprint density at radius 3 is 3.12 bits per heavy atom. The quantitative estimate of drug-likeness (QED) is 0.843. The third-order valence-corrected chi connectivity index (χ3v) is 3.44. The average molecular weight is 249 g/mol. The highest BCUT2D eigenvalue weighted by atomic mass is 35.5. The molecule has 0 spiro atoms. The molecule has 4 heteroatoms. The first kappa shape index (κ1) is 10.8. The molecular weight excluding hydrogens is 236 g/mol. The molecule has 88 valence electrons. The van der Waals surface area contributed by atoms with E-state index in [9.17, 15) is 0 Å². The van der Waals surface area contributed by atoms with Gasteiger partial charge in [-0.2, -0.15) is 0 Å². The van der Waals surface area contributed by atoms with E-state index >= 15 is 0 Å². The summed E-state index contributed by atoms with van der Waals surface area (Å²) in [5, 5.41) is 5.01. The summed E-state index contributed by atoms with van der Waals surface area (Å²) >= 11 is 6.21. The first-order valence-electron chi connectivity index (χ1n) is 5.66. The van der Waals surface area contributed by atoms with Gasteiger partial charge in [-0.3, -0.25) is 4.98 Å². The zero-order valence-electron chi connectivity index (χ0n) is 9.59. The van der Waals surface area contributed by atoms with Crippen molar-refractivity contribution in [1.82, 2.24) is 4.98 Å².